The lowest BCUT2D eigenvalue weighted by Crippen LogP contribution is -2.28. The van der Waals surface area contributed by atoms with Crippen molar-refractivity contribution in [3.63, 3.8) is 0 Å². The van der Waals surface area contributed by atoms with Gasteiger partial charge < -0.3 is 21.1 Å². The number of nitrogens with one attached hydrogen (secondary N) is 2. The molecule has 0 aromatic heterocycles. The lowest BCUT2D eigenvalue weighted by atomic mass is 10.1. The number of rotatable bonds is 7. The number of carbonyl (C=O) groups excluding carboxylic acids is 2. The highest BCUT2D eigenvalue weighted by molar-refractivity contribution is 5.94. The van der Waals surface area contributed by atoms with Crippen LogP contribution in [0, 0.1) is 6.92 Å². The summed E-state index contributed by atoms with van der Waals surface area (Å²) in [7, 11) is 1.64. The van der Waals surface area contributed by atoms with E-state index in [1.54, 1.807) is 31.4 Å². The number of aryl methyl sites for hydroxylation is 1. The SMILES string of the molecule is COc1ccc(C)cc1CCNC(=O)c1ccc(CNC(N)=O)cc1. The first-order chi connectivity index (χ1) is 12.0. The molecule has 132 valence electrons. The van der Waals surface area contributed by atoms with Gasteiger partial charge in [-0.15, -0.1) is 0 Å². The predicted octanol–water partition coefficient (Wildman–Crippen LogP) is 2.14. The molecular weight excluding hydrogens is 318 g/mol. The fourth-order valence-corrected chi connectivity index (χ4v) is 2.48. The third-order valence-electron chi connectivity index (χ3n) is 3.80. The maximum Gasteiger partial charge on any atom is 0.312 e. The Hall–Kier alpha value is -3.02. The van der Waals surface area contributed by atoms with E-state index in [0.717, 1.165) is 22.4 Å². The molecule has 0 saturated carbocycles. The molecule has 0 aliphatic carbocycles. The Labute approximate surface area is 147 Å². The average Bonchev–Trinajstić information content (AvgIpc) is 2.60. The molecule has 0 saturated heterocycles. The monoisotopic (exact) mass is 341 g/mol. The summed E-state index contributed by atoms with van der Waals surface area (Å²) < 4.78 is 5.34. The quantitative estimate of drug-likeness (QED) is 0.720. The Bertz CT molecular complexity index is 742. The van der Waals surface area contributed by atoms with Gasteiger partial charge in [-0.1, -0.05) is 29.8 Å². The largest absolute Gasteiger partial charge is 0.496 e. The topological polar surface area (TPSA) is 93.4 Å². The number of hydrogen-bond donors (Lipinski definition) is 3. The molecule has 3 amide bonds. The van der Waals surface area contributed by atoms with Gasteiger partial charge in [-0.25, -0.2) is 4.79 Å². The smallest absolute Gasteiger partial charge is 0.312 e. The highest BCUT2D eigenvalue weighted by atomic mass is 16.5. The molecule has 0 radical (unpaired) electrons. The summed E-state index contributed by atoms with van der Waals surface area (Å²) in [6, 6.07) is 12.4. The van der Waals surface area contributed by atoms with Gasteiger partial charge in [0.1, 0.15) is 5.75 Å². The summed E-state index contributed by atoms with van der Waals surface area (Å²) in [6.07, 6.45) is 0.692. The summed E-state index contributed by atoms with van der Waals surface area (Å²) >= 11 is 0. The minimum absolute atomic E-state index is 0.138. The van der Waals surface area contributed by atoms with Gasteiger partial charge in [-0.2, -0.15) is 0 Å². The number of methoxy groups -OCH3 is 1. The van der Waals surface area contributed by atoms with Gasteiger partial charge in [-0.05, 0) is 42.7 Å². The number of urea groups is 1. The van der Waals surface area contributed by atoms with Crippen LogP contribution in [0.3, 0.4) is 0 Å². The van der Waals surface area contributed by atoms with Crippen molar-refractivity contribution in [3.8, 4) is 5.75 Å². The van der Waals surface area contributed by atoms with Crippen LogP contribution in [0.2, 0.25) is 0 Å². The fraction of sp³-hybridized carbons (Fsp3) is 0.263. The number of primary amides is 1. The number of hydrogen-bond acceptors (Lipinski definition) is 3. The minimum atomic E-state index is -0.576. The Morgan fingerprint density at radius 3 is 2.44 bits per heavy atom. The van der Waals surface area contributed by atoms with Gasteiger partial charge in [-0.3, -0.25) is 4.79 Å². The van der Waals surface area contributed by atoms with E-state index in [4.69, 9.17) is 10.5 Å². The van der Waals surface area contributed by atoms with Gasteiger partial charge in [0.2, 0.25) is 0 Å². The molecule has 0 aliphatic rings. The van der Waals surface area contributed by atoms with Crippen LogP contribution >= 0.6 is 0 Å². The van der Waals surface area contributed by atoms with Gasteiger partial charge in [0.05, 0.1) is 7.11 Å². The van der Waals surface area contributed by atoms with Crippen molar-refractivity contribution in [2.24, 2.45) is 5.73 Å². The first-order valence-electron chi connectivity index (χ1n) is 8.03. The second kappa shape index (κ2) is 8.73. The molecule has 0 unspecified atom stereocenters. The van der Waals surface area contributed by atoms with Crippen molar-refractivity contribution in [2.45, 2.75) is 19.9 Å². The van der Waals surface area contributed by atoms with Crippen LogP contribution in [0.15, 0.2) is 42.5 Å². The number of benzene rings is 2. The first-order valence-corrected chi connectivity index (χ1v) is 8.03. The van der Waals surface area contributed by atoms with Crippen LogP contribution in [0.5, 0.6) is 5.75 Å². The van der Waals surface area contributed by atoms with E-state index in [1.165, 1.54) is 0 Å². The maximum absolute atomic E-state index is 12.2. The second-order valence-electron chi connectivity index (χ2n) is 5.74. The zero-order valence-corrected chi connectivity index (χ0v) is 14.5. The van der Waals surface area contributed by atoms with E-state index in [2.05, 4.69) is 16.7 Å². The van der Waals surface area contributed by atoms with Crippen molar-refractivity contribution in [2.75, 3.05) is 13.7 Å². The summed E-state index contributed by atoms with van der Waals surface area (Å²) in [5.74, 6) is 0.687. The van der Waals surface area contributed by atoms with E-state index in [9.17, 15) is 9.59 Å². The van der Waals surface area contributed by atoms with Gasteiger partial charge >= 0.3 is 6.03 Å². The molecule has 0 atom stereocenters. The van der Waals surface area contributed by atoms with E-state index in [-0.39, 0.29) is 5.91 Å². The molecule has 0 fully saturated rings. The van der Waals surface area contributed by atoms with Crippen LogP contribution in [0.1, 0.15) is 27.0 Å². The van der Waals surface area contributed by atoms with Crippen LogP contribution in [0.4, 0.5) is 4.79 Å². The summed E-state index contributed by atoms with van der Waals surface area (Å²) in [5, 5.41) is 5.41. The molecule has 0 aliphatic heterocycles. The van der Waals surface area contributed by atoms with E-state index < -0.39 is 6.03 Å². The standard InChI is InChI=1S/C19H23N3O3/c1-13-3-8-17(25-2)16(11-13)9-10-21-18(23)15-6-4-14(5-7-15)12-22-19(20)24/h3-8,11H,9-10,12H2,1-2H3,(H,21,23)(H3,20,22,24). The molecule has 0 bridgehead atoms. The minimum Gasteiger partial charge on any atom is -0.496 e. The third kappa shape index (κ3) is 5.53. The third-order valence-corrected chi connectivity index (χ3v) is 3.80. The number of nitrogens with two attached hydrogens (primary N) is 1. The summed E-state index contributed by atoms with van der Waals surface area (Å²) in [4.78, 5) is 22.9. The van der Waals surface area contributed by atoms with Crippen molar-refractivity contribution < 1.29 is 14.3 Å². The lowest BCUT2D eigenvalue weighted by Gasteiger charge is -2.10. The number of amides is 3. The average molecular weight is 341 g/mol. The van der Waals surface area contributed by atoms with Crippen molar-refractivity contribution in [1.29, 1.82) is 0 Å². The van der Waals surface area contributed by atoms with Crippen molar-refractivity contribution >= 4 is 11.9 Å². The second-order valence-corrected chi connectivity index (χ2v) is 5.74. The van der Waals surface area contributed by atoms with Crippen LogP contribution < -0.4 is 21.1 Å². The highest BCUT2D eigenvalue weighted by Crippen LogP contribution is 2.19. The maximum atomic E-state index is 12.2. The molecule has 0 heterocycles. The van der Waals surface area contributed by atoms with E-state index >= 15 is 0 Å². The predicted molar refractivity (Wildman–Crippen MR) is 96.6 cm³/mol. The Kier molecular flexibility index (Phi) is 6.39. The van der Waals surface area contributed by atoms with Crippen LogP contribution in [-0.4, -0.2) is 25.6 Å². The number of ether oxygens (including phenoxy) is 1. The van der Waals surface area contributed by atoms with E-state index in [1.807, 2.05) is 19.1 Å². The molecular formula is C19H23N3O3. The van der Waals surface area contributed by atoms with Crippen molar-refractivity contribution in [1.82, 2.24) is 10.6 Å². The molecule has 2 aromatic carbocycles. The van der Waals surface area contributed by atoms with Gasteiger partial charge in [0.25, 0.3) is 5.91 Å². The lowest BCUT2D eigenvalue weighted by molar-refractivity contribution is 0.0954. The zero-order chi connectivity index (χ0) is 18.2. The van der Waals surface area contributed by atoms with Gasteiger partial charge in [0, 0.05) is 18.7 Å². The Morgan fingerprint density at radius 1 is 1.08 bits per heavy atom. The molecule has 2 aromatic rings. The van der Waals surface area contributed by atoms with Crippen LogP contribution in [0.25, 0.3) is 0 Å². The summed E-state index contributed by atoms with van der Waals surface area (Å²) in [5.41, 5.74) is 8.69. The zero-order valence-electron chi connectivity index (χ0n) is 14.5. The molecule has 25 heavy (non-hydrogen) atoms. The van der Waals surface area contributed by atoms with Crippen molar-refractivity contribution in [3.05, 3.63) is 64.7 Å². The summed E-state index contributed by atoms with van der Waals surface area (Å²) in [6.45, 7) is 2.88. The van der Waals surface area contributed by atoms with Crippen LogP contribution in [-0.2, 0) is 13.0 Å². The van der Waals surface area contributed by atoms with Gasteiger partial charge in [0.15, 0.2) is 0 Å². The first kappa shape index (κ1) is 18.3. The molecule has 4 N–H and O–H groups in total. The molecule has 0 spiro atoms. The molecule has 6 nitrogen and oxygen atoms in total. The Morgan fingerprint density at radius 2 is 1.80 bits per heavy atom. The Balaban J connectivity index is 1.88. The molecule has 6 heteroatoms. The number of carbonyl (C=O) groups is 2. The highest BCUT2D eigenvalue weighted by Gasteiger charge is 2.07. The normalized spacial score (nSPS) is 10.2. The fourth-order valence-electron chi connectivity index (χ4n) is 2.48. The molecule has 2 rings (SSSR count). The van der Waals surface area contributed by atoms with E-state index in [0.29, 0.717) is 25.1 Å².